The van der Waals surface area contributed by atoms with Crippen LogP contribution in [-0.4, -0.2) is 62.7 Å². The highest BCUT2D eigenvalue weighted by Crippen LogP contribution is 2.27. The van der Waals surface area contributed by atoms with Crippen LogP contribution in [0.4, 0.5) is 37.7 Å². The molecule has 0 atom stereocenters. The highest BCUT2D eigenvalue weighted by molar-refractivity contribution is 5.92. The lowest BCUT2D eigenvalue weighted by atomic mass is 9.98. The van der Waals surface area contributed by atoms with Crippen molar-refractivity contribution in [2.24, 2.45) is 0 Å². The van der Waals surface area contributed by atoms with Crippen LogP contribution < -0.4 is 30.4 Å². The second-order valence-electron chi connectivity index (χ2n) is 14.6. The van der Waals surface area contributed by atoms with E-state index < -0.39 is 55.0 Å². The smallest absolute Gasteiger partial charge is 0.389 e. The fourth-order valence-corrected chi connectivity index (χ4v) is 5.91. The van der Waals surface area contributed by atoms with E-state index in [0.29, 0.717) is 39.6 Å². The molecule has 0 bridgehead atoms. The van der Waals surface area contributed by atoms with E-state index in [1.807, 2.05) is 0 Å². The van der Waals surface area contributed by atoms with Gasteiger partial charge in [-0.15, -0.1) is 0 Å². The first kappa shape index (κ1) is 50.2. The maximum absolute atomic E-state index is 12.8. The highest BCUT2D eigenvalue weighted by atomic mass is 19.4. The van der Waals surface area contributed by atoms with Crippen molar-refractivity contribution in [1.29, 1.82) is 0 Å². The predicted octanol–water partition coefficient (Wildman–Crippen LogP) is 10.3. The second-order valence-corrected chi connectivity index (χ2v) is 14.6. The molecule has 0 aliphatic carbocycles. The van der Waals surface area contributed by atoms with Gasteiger partial charge in [-0.3, -0.25) is 0 Å². The average Bonchev–Trinajstić information content (AvgIpc) is 3.29. The Bertz CT molecular complexity index is 2340. The Morgan fingerprint density at radius 1 is 0.522 bits per heavy atom. The number of esters is 4. The molecule has 4 N–H and O–H groups in total. The fraction of sp³-hybridized carbons (Fsp3) is 0.224. The summed E-state index contributed by atoms with van der Waals surface area (Å²) in [5, 5.41) is 0. The SMILES string of the molecule is Nc1ccc(C(COC(=O)/C=C/c2ccc(OC(=O)c3ccc(OCCCC(F)(F)F)cc3)cc2)COC(=O)/C=C/c2ccc(OC(=O)c3ccc(OCCCC(F)(F)F)cc3)cc2)c(N)c1. The zero-order chi connectivity index (χ0) is 48.4. The summed E-state index contributed by atoms with van der Waals surface area (Å²) in [6.45, 7) is -0.709. The number of halogens is 6. The number of rotatable bonds is 21. The molecule has 12 nitrogen and oxygen atoms in total. The molecule has 18 heteroatoms. The minimum absolute atomic E-state index is 0.130. The molecule has 0 spiro atoms. The number of carbonyl (C=O) groups is 4. The van der Waals surface area contributed by atoms with Gasteiger partial charge in [-0.2, -0.15) is 26.3 Å². The second kappa shape index (κ2) is 24.0. The first-order valence-corrected chi connectivity index (χ1v) is 20.5. The van der Waals surface area contributed by atoms with E-state index in [9.17, 15) is 45.5 Å². The minimum atomic E-state index is -4.26. The van der Waals surface area contributed by atoms with Crippen molar-refractivity contribution in [3.05, 3.63) is 155 Å². The van der Waals surface area contributed by atoms with E-state index in [1.165, 1.54) is 103 Å². The molecule has 0 radical (unpaired) electrons. The number of nitrogen functional groups attached to an aromatic ring is 2. The Morgan fingerprint density at radius 3 is 1.28 bits per heavy atom. The number of hydrogen-bond acceptors (Lipinski definition) is 12. The third-order valence-electron chi connectivity index (χ3n) is 9.34. The van der Waals surface area contributed by atoms with Gasteiger partial charge in [-0.05, 0) is 127 Å². The quantitative estimate of drug-likeness (QED) is 0.0178. The average molecular weight is 935 g/mol. The van der Waals surface area contributed by atoms with Crippen LogP contribution in [0.1, 0.15) is 69.0 Å². The van der Waals surface area contributed by atoms with Crippen molar-refractivity contribution >= 4 is 47.4 Å². The van der Waals surface area contributed by atoms with Gasteiger partial charge in [0.15, 0.2) is 0 Å². The molecule has 0 aliphatic heterocycles. The van der Waals surface area contributed by atoms with E-state index in [0.717, 1.165) is 0 Å². The van der Waals surface area contributed by atoms with Crippen LogP contribution >= 0.6 is 0 Å². The molecule has 5 rings (SSSR count). The maximum Gasteiger partial charge on any atom is 0.389 e. The van der Waals surface area contributed by atoms with Crippen LogP contribution in [0.15, 0.2) is 127 Å². The number of ether oxygens (including phenoxy) is 6. The molecule has 5 aromatic rings. The summed E-state index contributed by atoms with van der Waals surface area (Å²) >= 11 is 0. The molecule has 67 heavy (non-hydrogen) atoms. The maximum atomic E-state index is 12.8. The first-order chi connectivity index (χ1) is 31.9. The van der Waals surface area contributed by atoms with Gasteiger partial charge in [0.25, 0.3) is 0 Å². The summed E-state index contributed by atoms with van der Waals surface area (Å²) in [6, 6.07) is 28.7. The van der Waals surface area contributed by atoms with Gasteiger partial charge in [0, 0.05) is 36.4 Å². The zero-order valence-electron chi connectivity index (χ0n) is 35.5. The fourth-order valence-electron chi connectivity index (χ4n) is 5.91. The standard InChI is InChI=1S/C49H44F6N2O10/c50-48(51,52)25-1-27-62-38-18-9-34(10-19-38)46(60)66-40-14-3-32(4-15-40)7-23-44(58)64-30-36(42-22-13-37(56)29-43(42)57)31-65-45(59)24-8-33-5-16-41(17-6-33)67-47(61)35-11-20-39(21-12-35)63-28-2-26-49(53,54)55/h3-24,29,36H,1-2,25-28,30-31,56-57H2/b23-7+,24-8+. The lowest BCUT2D eigenvalue weighted by Crippen LogP contribution is -2.19. The predicted molar refractivity (Wildman–Crippen MR) is 235 cm³/mol. The van der Waals surface area contributed by atoms with E-state index in [-0.39, 0.29) is 61.9 Å². The van der Waals surface area contributed by atoms with Crippen molar-refractivity contribution in [3.63, 3.8) is 0 Å². The molecule has 0 aromatic heterocycles. The molecule has 0 fully saturated rings. The molecular weight excluding hydrogens is 891 g/mol. The summed E-state index contributed by atoms with van der Waals surface area (Å²) in [7, 11) is 0. The van der Waals surface area contributed by atoms with Crippen molar-refractivity contribution in [1.82, 2.24) is 0 Å². The van der Waals surface area contributed by atoms with Crippen molar-refractivity contribution in [2.75, 3.05) is 37.9 Å². The third-order valence-corrected chi connectivity index (χ3v) is 9.34. The number of benzene rings is 5. The Labute approximate surface area is 380 Å². The summed E-state index contributed by atoms with van der Waals surface area (Å²) in [4.78, 5) is 50.8. The summed E-state index contributed by atoms with van der Waals surface area (Å²) in [5.41, 5.74) is 14.8. The molecule has 0 saturated heterocycles. The lowest BCUT2D eigenvalue weighted by molar-refractivity contribution is -0.141. The molecule has 0 unspecified atom stereocenters. The number of carbonyl (C=O) groups excluding carboxylic acids is 4. The number of hydrogen-bond donors (Lipinski definition) is 2. The van der Waals surface area contributed by atoms with Crippen LogP contribution in [-0.2, 0) is 19.1 Å². The Balaban J connectivity index is 1.07. The van der Waals surface area contributed by atoms with E-state index in [2.05, 4.69) is 0 Å². The van der Waals surface area contributed by atoms with Crippen LogP contribution in [0.3, 0.4) is 0 Å². The first-order valence-electron chi connectivity index (χ1n) is 20.5. The van der Waals surface area contributed by atoms with E-state index in [1.54, 1.807) is 36.4 Å². The van der Waals surface area contributed by atoms with Gasteiger partial charge in [0.05, 0.1) is 30.3 Å². The molecule has 0 aliphatic rings. The van der Waals surface area contributed by atoms with Crippen LogP contribution in [0, 0.1) is 0 Å². The largest absolute Gasteiger partial charge is 0.494 e. The molecule has 0 amide bonds. The van der Waals surface area contributed by atoms with Gasteiger partial charge >= 0.3 is 36.2 Å². The van der Waals surface area contributed by atoms with Crippen LogP contribution in [0.5, 0.6) is 23.0 Å². The molecule has 0 saturated carbocycles. The van der Waals surface area contributed by atoms with Gasteiger partial charge in [-0.25, -0.2) is 19.2 Å². The van der Waals surface area contributed by atoms with Crippen molar-refractivity contribution in [3.8, 4) is 23.0 Å². The van der Waals surface area contributed by atoms with Gasteiger partial charge in [-0.1, -0.05) is 30.3 Å². The minimum Gasteiger partial charge on any atom is -0.494 e. The Morgan fingerprint density at radius 2 is 0.910 bits per heavy atom. The highest BCUT2D eigenvalue weighted by Gasteiger charge is 2.27. The summed E-state index contributed by atoms with van der Waals surface area (Å²) in [5.74, 6) is -2.43. The van der Waals surface area contributed by atoms with Gasteiger partial charge in [0.1, 0.15) is 36.2 Å². The topological polar surface area (TPSA) is 176 Å². The molecule has 0 heterocycles. The van der Waals surface area contributed by atoms with Crippen LogP contribution in [0.2, 0.25) is 0 Å². The Kier molecular flexibility index (Phi) is 18.0. The third kappa shape index (κ3) is 18.0. The van der Waals surface area contributed by atoms with Crippen molar-refractivity contribution < 1.29 is 73.9 Å². The van der Waals surface area contributed by atoms with E-state index in [4.69, 9.17) is 39.9 Å². The monoisotopic (exact) mass is 934 g/mol. The van der Waals surface area contributed by atoms with Crippen molar-refractivity contribution in [2.45, 2.75) is 44.0 Å². The summed E-state index contributed by atoms with van der Waals surface area (Å²) in [6.07, 6.45) is -5.52. The molecule has 352 valence electrons. The number of nitrogens with two attached hydrogens (primary N) is 2. The van der Waals surface area contributed by atoms with Gasteiger partial charge in [0.2, 0.25) is 0 Å². The van der Waals surface area contributed by atoms with Crippen LogP contribution in [0.25, 0.3) is 12.2 Å². The zero-order valence-corrected chi connectivity index (χ0v) is 35.5. The normalized spacial score (nSPS) is 11.7. The van der Waals surface area contributed by atoms with Gasteiger partial charge < -0.3 is 39.9 Å². The molecule has 5 aromatic carbocycles. The molecular formula is C49H44F6N2O10. The summed E-state index contributed by atoms with van der Waals surface area (Å²) < 4.78 is 106. The number of anilines is 2. The Hall–Kier alpha value is -7.76. The van der Waals surface area contributed by atoms with E-state index >= 15 is 0 Å². The lowest BCUT2D eigenvalue weighted by Gasteiger charge is -2.19. The number of alkyl halides is 6.